The van der Waals surface area contributed by atoms with Crippen LogP contribution in [-0.4, -0.2) is 18.2 Å². The van der Waals surface area contributed by atoms with Crippen molar-refractivity contribution in [3.63, 3.8) is 0 Å². The summed E-state index contributed by atoms with van der Waals surface area (Å²) in [5, 5.41) is 1.11. The Hall–Kier alpha value is -2.06. The summed E-state index contributed by atoms with van der Waals surface area (Å²) in [5.74, 6) is 0.790. The maximum absolute atomic E-state index is 10.6. The van der Waals surface area contributed by atoms with E-state index in [-0.39, 0.29) is 0 Å². The Kier molecular flexibility index (Phi) is 2.28. The lowest BCUT2D eigenvalue weighted by Gasteiger charge is -2.13. The summed E-state index contributed by atoms with van der Waals surface area (Å²) in [6, 6.07) is 6.10. The van der Waals surface area contributed by atoms with Crippen LogP contribution in [0, 0.1) is 6.92 Å². The number of nitrogens with zero attached hydrogens (tertiary/aromatic N) is 1. The molecule has 1 saturated carbocycles. The molecule has 2 aromatic rings. The zero-order chi connectivity index (χ0) is 12.8. The summed E-state index contributed by atoms with van der Waals surface area (Å²) in [7, 11) is 1.64. The molecule has 0 spiro atoms. The van der Waals surface area contributed by atoms with E-state index in [2.05, 4.69) is 16.0 Å². The number of fused-ring (bicyclic) bond motifs is 1. The average Bonchev–Trinajstić information content (AvgIpc) is 3.03. The van der Waals surface area contributed by atoms with Crippen LogP contribution in [0.1, 0.15) is 24.1 Å². The molecular weight excluding hydrogens is 228 g/mol. The Balaban J connectivity index is 2.24. The minimum absolute atomic E-state index is 0.402. The molecule has 3 rings (SSSR count). The predicted octanol–water partition coefficient (Wildman–Crippen LogP) is 2.81. The highest BCUT2D eigenvalue weighted by Gasteiger charge is 2.47. The smallest absolute Gasteiger partial charge is 0.235 e. The number of hydrogen-bond acceptors (Lipinski definition) is 3. The quantitative estimate of drug-likeness (QED) is 0.664. The number of hydrogen-bond donors (Lipinski definition) is 1. The van der Waals surface area contributed by atoms with Gasteiger partial charge in [0.05, 0.1) is 7.11 Å². The Morgan fingerprint density at radius 3 is 2.78 bits per heavy atom. The highest BCUT2D eigenvalue weighted by Crippen LogP contribution is 2.52. The molecular formula is C14H14N2O2. The zero-order valence-electron chi connectivity index (χ0n) is 10.4. The van der Waals surface area contributed by atoms with Gasteiger partial charge in [-0.2, -0.15) is 4.99 Å². The van der Waals surface area contributed by atoms with Crippen molar-refractivity contribution < 1.29 is 9.53 Å². The van der Waals surface area contributed by atoms with E-state index in [1.54, 1.807) is 13.2 Å². The van der Waals surface area contributed by atoms with E-state index in [9.17, 15) is 4.79 Å². The van der Waals surface area contributed by atoms with Crippen molar-refractivity contribution in [2.24, 2.45) is 4.99 Å². The lowest BCUT2D eigenvalue weighted by Crippen LogP contribution is -2.05. The summed E-state index contributed by atoms with van der Waals surface area (Å²) < 4.78 is 5.43. The third kappa shape index (κ3) is 1.54. The summed E-state index contributed by atoms with van der Waals surface area (Å²) in [5.41, 5.74) is 2.73. The first kappa shape index (κ1) is 11.1. The standard InChI is InChI=1S/C14H14N2O2/c1-9-5-10-6-13(18-2)11(7-12(10)16-9)14(3-4-14)15-8-17/h5-7,16H,3-4H2,1-2H3. The number of aromatic nitrogens is 1. The minimum atomic E-state index is -0.402. The van der Waals surface area contributed by atoms with Gasteiger partial charge >= 0.3 is 0 Å². The van der Waals surface area contributed by atoms with Gasteiger partial charge in [0.2, 0.25) is 6.08 Å². The number of aliphatic imine (C=N–C) groups is 1. The molecule has 92 valence electrons. The zero-order valence-corrected chi connectivity index (χ0v) is 10.4. The Labute approximate surface area is 105 Å². The molecule has 18 heavy (non-hydrogen) atoms. The van der Waals surface area contributed by atoms with Crippen LogP contribution in [-0.2, 0) is 10.3 Å². The molecule has 1 aliphatic rings. The topological polar surface area (TPSA) is 54.4 Å². The monoisotopic (exact) mass is 242 g/mol. The van der Waals surface area contributed by atoms with Crippen molar-refractivity contribution in [3.8, 4) is 5.75 Å². The Morgan fingerprint density at radius 2 is 2.17 bits per heavy atom. The molecule has 0 amide bonds. The number of nitrogens with one attached hydrogen (secondary N) is 1. The largest absolute Gasteiger partial charge is 0.496 e. The highest BCUT2D eigenvalue weighted by molar-refractivity contribution is 5.83. The summed E-state index contributed by atoms with van der Waals surface area (Å²) in [6.07, 6.45) is 3.44. The Bertz CT molecular complexity index is 662. The molecule has 1 aromatic carbocycles. The van der Waals surface area contributed by atoms with Crippen molar-refractivity contribution >= 4 is 17.0 Å². The average molecular weight is 242 g/mol. The fourth-order valence-corrected chi connectivity index (χ4v) is 2.48. The molecule has 4 nitrogen and oxygen atoms in total. The first-order valence-electron chi connectivity index (χ1n) is 5.95. The van der Waals surface area contributed by atoms with E-state index >= 15 is 0 Å². The second-order valence-electron chi connectivity index (χ2n) is 4.83. The van der Waals surface area contributed by atoms with Crippen LogP contribution in [0.5, 0.6) is 5.75 Å². The molecule has 0 atom stereocenters. The second kappa shape index (κ2) is 3.72. The molecule has 0 bridgehead atoms. The van der Waals surface area contributed by atoms with E-state index in [1.807, 2.05) is 19.1 Å². The number of rotatable bonds is 3. The lowest BCUT2D eigenvalue weighted by molar-refractivity contribution is 0.405. The molecule has 0 aliphatic heterocycles. The van der Waals surface area contributed by atoms with E-state index in [0.717, 1.165) is 40.8 Å². The SMILES string of the molecule is COc1cc2cc(C)[nH]c2cc1C1(N=C=O)CC1. The van der Waals surface area contributed by atoms with Gasteiger partial charge in [-0.3, -0.25) is 0 Å². The number of isocyanates is 1. The molecule has 1 aromatic heterocycles. The van der Waals surface area contributed by atoms with Gasteiger partial charge in [0.1, 0.15) is 11.3 Å². The van der Waals surface area contributed by atoms with E-state index in [1.165, 1.54) is 0 Å². The molecule has 0 unspecified atom stereocenters. The number of H-pyrrole nitrogens is 1. The first-order valence-corrected chi connectivity index (χ1v) is 5.95. The molecule has 1 heterocycles. The van der Waals surface area contributed by atoms with Gasteiger partial charge in [-0.15, -0.1) is 0 Å². The number of ether oxygens (including phenoxy) is 1. The molecule has 4 heteroatoms. The van der Waals surface area contributed by atoms with Crippen LogP contribution in [0.25, 0.3) is 10.9 Å². The fraction of sp³-hybridized carbons (Fsp3) is 0.357. The summed E-state index contributed by atoms with van der Waals surface area (Å²) >= 11 is 0. The first-order chi connectivity index (χ1) is 8.68. The van der Waals surface area contributed by atoms with Gasteiger partial charge in [0.25, 0.3) is 0 Å². The van der Waals surface area contributed by atoms with E-state index in [4.69, 9.17) is 4.74 Å². The van der Waals surface area contributed by atoms with Crippen LogP contribution in [0.4, 0.5) is 0 Å². The summed E-state index contributed by atoms with van der Waals surface area (Å²) in [4.78, 5) is 17.8. The van der Waals surface area contributed by atoms with Gasteiger partial charge in [-0.05, 0) is 38.0 Å². The normalized spacial score (nSPS) is 16.3. The maximum Gasteiger partial charge on any atom is 0.235 e. The van der Waals surface area contributed by atoms with E-state index in [0.29, 0.717) is 0 Å². The van der Waals surface area contributed by atoms with Crippen molar-refractivity contribution in [1.82, 2.24) is 4.98 Å². The second-order valence-corrected chi connectivity index (χ2v) is 4.83. The fourth-order valence-electron chi connectivity index (χ4n) is 2.48. The van der Waals surface area contributed by atoms with Crippen molar-refractivity contribution in [1.29, 1.82) is 0 Å². The van der Waals surface area contributed by atoms with Crippen LogP contribution < -0.4 is 4.74 Å². The van der Waals surface area contributed by atoms with Gasteiger partial charge in [0.15, 0.2) is 0 Å². The number of carbonyl (C=O) groups excluding carboxylic acids is 1. The Morgan fingerprint density at radius 1 is 1.39 bits per heavy atom. The van der Waals surface area contributed by atoms with Gasteiger partial charge in [-0.25, -0.2) is 4.79 Å². The molecule has 1 fully saturated rings. The minimum Gasteiger partial charge on any atom is -0.496 e. The number of aryl methyl sites for hydroxylation is 1. The van der Waals surface area contributed by atoms with E-state index < -0.39 is 5.54 Å². The van der Waals surface area contributed by atoms with Crippen LogP contribution in [0.15, 0.2) is 23.2 Å². The molecule has 0 radical (unpaired) electrons. The third-order valence-corrected chi connectivity index (χ3v) is 3.56. The van der Waals surface area contributed by atoms with Crippen molar-refractivity contribution in [3.05, 3.63) is 29.5 Å². The number of methoxy groups -OCH3 is 1. The van der Waals surface area contributed by atoms with Gasteiger partial charge in [-0.1, -0.05) is 0 Å². The van der Waals surface area contributed by atoms with Crippen LogP contribution >= 0.6 is 0 Å². The predicted molar refractivity (Wildman–Crippen MR) is 68.6 cm³/mol. The third-order valence-electron chi connectivity index (χ3n) is 3.56. The number of benzene rings is 1. The maximum atomic E-state index is 10.6. The summed E-state index contributed by atoms with van der Waals surface area (Å²) in [6.45, 7) is 2.02. The van der Waals surface area contributed by atoms with Gasteiger partial charge in [0, 0.05) is 22.2 Å². The number of aromatic amines is 1. The molecule has 0 saturated heterocycles. The molecule has 1 N–H and O–H groups in total. The van der Waals surface area contributed by atoms with Crippen molar-refractivity contribution in [2.75, 3.05) is 7.11 Å². The highest BCUT2D eigenvalue weighted by atomic mass is 16.5. The van der Waals surface area contributed by atoms with Crippen molar-refractivity contribution in [2.45, 2.75) is 25.3 Å². The van der Waals surface area contributed by atoms with Crippen LogP contribution in [0.2, 0.25) is 0 Å². The lowest BCUT2D eigenvalue weighted by atomic mass is 10.0. The van der Waals surface area contributed by atoms with Gasteiger partial charge < -0.3 is 9.72 Å². The van der Waals surface area contributed by atoms with Crippen LogP contribution in [0.3, 0.4) is 0 Å². The molecule has 1 aliphatic carbocycles.